The molecule has 0 saturated heterocycles. The van der Waals surface area contributed by atoms with Gasteiger partial charge in [0.2, 0.25) is 0 Å². The lowest BCUT2D eigenvalue weighted by Gasteiger charge is -2.09. The molecule has 0 aliphatic carbocycles. The lowest BCUT2D eigenvalue weighted by molar-refractivity contribution is 0.414. The molecule has 0 bridgehead atoms. The van der Waals surface area contributed by atoms with Gasteiger partial charge in [-0.1, -0.05) is 0 Å². The van der Waals surface area contributed by atoms with Crippen LogP contribution < -0.4 is 10.1 Å². The van der Waals surface area contributed by atoms with E-state index in [1.54, 1.807) is 18.9 Å². The van der Waals surface area contributed by atoms with Crippen molar-refractivity contribution in [2.75, 3.05) is 18.7 Å². The van der Waals surface area contributed by atoms with E-state index < -0.39 is 0 Å². The largest absolute Gasteiger partial charge is 0.497 e. The summed E-state index contributed by atoms with van der Waals surface area (Å²) in [5.41, 5.74) is 2.26. The van der Waals surface area contributed by atoms with Crippen molar-refractivity contribution in [3.8, 4) is 5.75 Å². The van der Waals surface area contributed by atoms with Gasteiger partial charge in [-0.25, -0.2) is 0 Å². The molecule has 0 atom stereocenters. The molecule has 0 fully saturated rings. The minimum Gasteiger partial charge on any atom is -0.497 e. The average Bonchev–Trinajstić information content (AvgIpc) is 2.85. The van der Waals surface area contributed by atoms with Crippen LogP contribution in [0.15, 0.2) is 34.7 Å². The molecular weight excluding hydrogens is 258 g/mol. The molecule has 1 heterocycles. The minimum absolute atomic E-state index is 0.696. The number of benzene rings is 1. The second-order valence-electron chi connectivity index (χ2n) is 4.34. The molecule has 3 nitrogen and oxygen atoms in total. The first-order valence-electron chi connectivity index (χ1n) is 6.18. The fourth-order valence-corrected chi connectivity index (χ4v) is 2.32. The minimum atomic E-state index is 0.696. The smallest absolute Gasteiger partial charge is 0.123 e. The van der Waals surface area contributed by atoms with Gasteiger partial charge in [-0.15, -0.1) is 0 Å². The molecule has 0 amide bonds. The summed E-state index contributed by atoms with van der Waals surface area (Å²) in [5.74, 6) is 3.78. The first-order valence-corrected chi connectivity index (χ1v) is 7.57. The molecule has 0 spiro atoms. The van der Waals surface area contributed by atoms with Crippen molar-refractivity contribution in [3.63, 3.8) is 0 Å². The van der Waals surface area contributed by atoms with Gasteiger partial charge in [-0.2, -0.15) is 11.8 Å². The van der Waals surface area contributed by atoms with Crippen LogP contribution in [0.3, 0.4) is 0 Å². The Balaban J connectivity index is 1.97. The number of aryl methyl sites for hydroxylation is 1. The van der Waals surface area contributed by atoms with Crippen molar-refractivity contribution in [3.05, 3.63) is 47.4 Å². The van der Waals surface area contributed by atoms with Crippen LogP contribution in [0.1, 0.15) is 17.1 Å². The average molecular weight is 277 g/mol. The third-order valence-electron chi connectivity index (χ3n) is 2.89. The normalized spacial score (nSPS) is 10.5. The highest BCUT2D eigenvalue weighted by Crippen LogP contribution is 2.22. The number of furan rings is 1. The number of rotatable bonds is 6. The van der Waals surface area contributed by atoms with Crippen LogP contribution in [0.5, 0.6) is 5.75 Å². The maximum Gasteiger partial charge on any atom is 0.123 e. The van der Waals surface area contributed by atoms with Crippen LogP contribution in [0.2, 0.25) is 0 Å². The highest BCUT2D eigenvalue weighted by atomic mass is 32.2. The van der Waals surface area contributed by atoms with Gasteiger partial charge >= 0.3 is 0 Å². The SMILES string of the molecule is COc1ccc(NCc2ccc(CSC)o2)c(C)c1. The van der Waals surface area contributed by atoms with E-state index in [0.29, 0.717) is 6.54 Å². The monoisotopic (exact) mass is 277 g/mol. The van der Waals surface area contributed by atoms with Gasteiger partial charge < -0.3 is 14.5 Å². The molecule has 2 aromatic rings. The third-order valence-corrected chi connectivity index (χ3v) is 3.46. The van der Waals surface area contributed by atoms with E-state index in [1.165, 1.54) is 0 Å². The van der Waals surface area contributed by atoms with Gasteiger partial charge in [-0.3, -0.25) is 0 Å². The molecule has 0 aliphatic rings. The van der Waals surface area contributed by atoms with Crippen molar-refractivity contribution < 1.29 is 9.15 Å². The Morgan fingerprint density at radius 1 is 1.21 bits per heavy atom. The highest BCUT2D eigenvalue weighted by molar-refractivity contribution is 7.97. The number of methoxy groups -OCH3 is 1. The van der Waals surface area contributed by atoms with E-state index in [0.717, 1.165) is 34.3 Å². The zero-order chi connectivity index (χ0) is 13.7. The molecule has 19 heavy (non-hydrogen) atoms. The van der Waals surface area contributed by atoms with E-state index in [1.807, 2.05) is 30.3 Å². The summed E-state index contributed by atoms with van der Waals surface area (Å²) < 4.78 is 10.9. The Morgan fingerprint density at radius 3 is 2.68 bits per heavy atom. The summed E-state index contributed by atoms with van der Waals surface area (Å²) >= 11 is 1.76. The van der Waals surface area contributed by atoms with E-state index in [-0.39, 0.29) is 0 Å². The summed E-state index contributed by atoms with van der Waals surface area (Å²) in [6.07, 6.45) is 2.07. The Morgan fingerprint density at radius 2 is 2.00 bits per heavy atom. The van der Waals surface area contributed by atoms with E-state index in [2.05, 4.69) is 18.5 Å². The van der Waals surface area contributed by atoms with Gasteiger partial charge in [0.25, 0.3) is 0 Å². The summed E-state index contributed by atoms with van der Waals surface area (Å²) in [4.78, 5) is 0. The second kappa shape index (κ2) is 6.57. The van der Waals surface area contributed by atoms with E-state index >= 15 is 0 Å². The number of anilines is 1. The standard InChI is InChI=1S/C15H19NO2S/c1-11-8-12(17-2)6-7-15(11)16-9-13-4-5-14(18-13)10-19-3/h4-8,16H,9-10H2,1-3H3. The summed E-state index contributed by atoms with van der Waals surface area (Å²) in [6.45, 7) is 2.76. The zero-order valence-electron chi connectivity index (χ0n) is 11.5. The molecule has 0 saturated carbocycles. The molecule has 0 radical (unpaired) electrons. The Labute approximate surface area is 118 Å². The number of hydrogen-bond donors (Lipinski definition) is 1. The molecule has 0 aliphatic heterocycles. The molecule has 102 valence electrons. The lowest BCUT2D eigenvalue weighted by atomic mass is 10.2. The van der Waals surface area contributed by atoms with Crippen LogP contribution in [-0.4, -0.2) is 13.4 Å². The number of ether oxygens (including phenoxy) is 1. The van der Waals surface area contributed by atoms with Crippen LogP contribution in [0, 0.1) is 6.92 Å². The first kappa shape index (κ1) is 13.9. The van der Waals surface area contributed by atoms with Gasteiger partial charge in [-0.05, 0) is 49.1 Å². The van der Waals surface area contributed by atoms with E-state index in [9.17, 15) is 0 Å². The van der Waals surface area contributed by atoms with Crippen LogP contribution in [-0.2, 0) is 12.3 Å². The highest BCUT2D eigenvalue weighted by Gasteiger charge is 2.03. The topological polar surface area (TPSA) is 34.4 Å². The predicted octanol–water partition coefficient (Wildman–Crippen LogP) is 4.07. The second-order valence-corrected chi connectivity index (χ2v) is 5.20. The third kappa shape index (κ3) is 3.70. The summed E-state index contributed by atoms with van der Waals surface area (Å²) in [5, 5.41) is 3.38. The van der Waals surface area contributed by atoms with Crippen LogP contribution in [0.25, 0.3) is 0 Å². The van der Waals surface area contributed by atoms with E-state index in [4.69, 9.17) is 9.15 Å². The number of thioether (sulfide) groups is 1. The van der Waals surface area contributed by atoms with Crippen molar-refractivity contribution in [1.82, 2.24) is 0 Å². The quantitative estimate of drug-likeness (QED) is 0.863. The van der Waals surface area contributed by atoms with Crippen molar-refractivity contribution in [2.24, 2.45) is 0 Å². The Kier molecular flexibility index (Phi) is 4.80. The maximum absolute atomic E-state index is 5.72. The predicted molar refractivity (Wildman–Crippen MR) is 81.0 cm³/mol. The van der Waals surface area contributed by atoms with Crippen molar-refractivity contribution in [1.29, 1.82) is 0 Å². The molecular formula is C15H19NO2S. The van der Waals surface area contributed by atoms with Gasteiger partial charge in [0.1, 0.15) is 17.3 Å². The number of hydrogen-bond acceptors (Lipinski definition) is 4. The zero-order valence-corrected chi connectivity index (χ0v) is 12.3. The molecule has 1 aromatic carbocycles. The van der Waals surface area contributed by atoms with Crippen LogP contribution >= 0.6 is 11.8 Å². The maximum atomic E-state index is 5.72. The van der Waals surface area contributed by atoms with Crippen molar-refractivity contribution >= 4 is 17.4 Å². The van der Waals surface area contributed by atoms with Crippen LogP contribution in [0.4, 0.5) is 5.69 Å². The fourth-order valence-electron chi connectivity index (χ4n) is 1.88. The van der Waals surface area contributed by atoms with Gasteiger partial charge in [0, 0.05) is 5.69 Å². The molecule has 1 N–H and O–H groups in total. The van der Waals surface area contributed by atoms with Crippen molar-refractivity contribution in [2.45, 2.75) is 19.2 Å². The number of nitrogens with one attached hydrogen (secondary N) is 1. The summed E-state index contributed by atoms with van der Waals surface area (Å²) in [7, 11) is 1.68. The molecule has 4 heteroatoms. The first-order chi connectivity index (χ1) is 9.22. The Bertz CT molecular complexity index is 537. The Hall–Kier alpha value is -1.55. The molecule has 0 unspecified atom stereocenters. The molecule has 2 rings (SSSR count). The van der Waals surface area contributed by atoms with Gasteiger partial charge in [0.05, 0.1) is 19.4 Å². The fraction of sp³-hybridized carbons (Fsp3) is 0.333. The van der Waals surface area contributed by atoms with Gasteiger partial charge in [0.15, 0.2) is 0 Å². The molecule has 1 aromatic heterocycles. The summed E-state index contributed by atoms with van der Waals surface area (Å²) in [6, 6.07) is 10.1. The lowest BCUT2D eigenvalue weighted by Crippen LogP contribution is -2.00.